The van der Waals surface area contributed by atoms with Crippen molar-refractivity contribution in [1.29, 1.82) is 0 Å². The van der Waals surface area contributed by atoms with E-state index in [2.05, 4.69) is 0 Å². The quantitative estimate of drug-likeness (QED) is 0.669. The van der Waals surface area contributed by atoms with Gasteiger partial charge in [-0.15, -0.1) is 0 Å². The van der Waals surface area contributed by atoms with E-state index in [1.54, 1.807) is 40.0 Å². The molecule has 8 heteroatoms. The summed E-state index contributed by atoms with van der Waals surface area (Å²) in [5, 5.41) is 0.812. The third-order valence-corrected chi connectivity index (χ3v) is 5.24. The highest BCUT2D eigenvalue weighted by atomic mass is 35.5. The van der Waals surface area contributed by atoms with Gasteiger partial charge in [0.2, 0.25) is 0 Å². The molecule has 0 aromatic heterocycles. The van der Waals surface area contributed by atoms with E-state index in [0.717, 1.165) is 5.56 Å². The standard InChI is InChI=1S/C19H25Cl2NO5/c1-19(2,3)27-18(24)22-9-8-11(10-13(22)17(23)26-5)15-14(25-4)7-6-12(20)16(15)21/h6-7,11,13H,8-10H2,1-5H3. The number of likely N-dealkylation sites (tertiary alicyclic amines) is 1. The molecule has 2 unspecified atom stereocenters. The largest absolute Gasteiger partial charge is 0.496 e. The number of methoxy groups -OCH3 is 2. The summed E-state index contributed by atoms with van der Waals surface area (Å²) in [7, 11) is 2.85. The Bertz CT molecular complexity index is 717. The maximum atomic E-state index is 12.6. The molecule has 1 aliphatic rings. The van der Waals surface area contributed by atoms with Gasteiger partial charge >= 0.3 is 12.1 Å². The molecule has 1 saturated heterocycles. The zero-order valence-corrected chi connectivity index (χ0v) is 17.7. The van der Waals surface area contributed by atoms with Crippen molar-refractivity contribution in [2.24, 2.45) is 0 Å². The van der Waals surface area contributed by atoms with E-state index >= 15 is 0 Å². The van der Waals surface area contributed by atoms with Gasteiger partial charge in [0, 0.05) is 12.1 Å². The fraction of sp³-hybridized carbons (Fsp3) is 0.579. The molecule has 1 aromatic rings. The SMILES string of the molecule is COC(=O)C1CC(c2c(OC)ccc(Cl)c2Cl)CCN1C(=O)OC(C)(C)C. The van der Waals surface area contributed by atoms with Crippen LogP contribution >= 0.6 is 23.2 Å². The molecular weight excluding hydrogens is 393 g/mol. The van der Waals surface area contributed by atoms with E-state index in [1.807, 2.05) is 0 Å². The Labute approximate surface area is 169 Å². The molecule has 0 bridgehead atoms. The minimum Gasteiger partial charge on any atom is -0.496 e. The van der Waals surface area contributed by atoms with Crippen LogP contribution in [0.4, 0.5) is 4.79 Å². The summed E-state index contributed by atoms with van der Waals surface area (Å²) in [6.45, 7) is 5.66. The first-order valence-corrected chi connectivity index (χ1v) is 9.44. The van der Waals surface area contributed by atoms with Crippen molar-refractivity contribution >= 4 is 35.3 Å². The molecule has 6 nitrogen and oxygen atoms in total. The Morgan fingerprint density at radius 3 is 2.41 bits per heavy atom. The Morgan fingerprint density at radius 2 is 1.85 bits per heavy atom. The molecule has 0 saturated carbocycles. The fourth-order valence-electron chi connectivity index (χ4n) is 3.23. The molecule has 0 N–H and O–H groups in total. The van der Waals surface area contributed by atoms with Crippen LogP contribution < -0.4 is 4.74 Å². The lowest BCUT2D eigenvalue weighted by Gasteiger charge is -2.39. The van der Waals surface area contributed by atoms with Crippen molar-refractivity contribution in [3.05, 3.63) is 27.7 Å². The molecule has 0 aliphatic carbocycles. The topological polar surface area (TPSA) is 65.1 Å². The van der Waals surface area contributed by atoms with Gasteiger partial charge in [-0.1, -0.05) is 23.2 Å². The lowest BCUT2D eigenvalue weighted by molar-refractivity contribution is -0.148. The van der Waals surface area contributed by atoms with Crippen molar-refractivity contribution in [2.45, 2.75) is 51.2 Å². The molecule has 1 fully saturated rings. The van der Waals surface area contributed by atoms with Crippen LogP contribution in [-0.2, 0) is 14.3 Å². The number of rotatable bonds is 3. The van der Waals surface area contributed by atoms with Gasteiger partial charge in [-0.3, -0.25) is 4.90 Å². The third kappa shape index (κ3) is 4.99. The first kappa shape index (κ1) is 21.6. The van der Waals surface area contributed by atoms with Crippen molar-refractivity contribution in [2.75, 3.05) is 20.8 Å². The highest BCUT2D eigenvalue weighted by Crippen LogP contribution is 2.43. The van der Waals surface area contributed by atoms with Gasteiger partial charge in [0.1, 0.15) is 17.4 Å². The van der Waals surface area contributed by atoms with E-state index in [1.165, 1.54) is 12.0 Å². The van der Waals surface area contributed by atoms with Gasteiger partial charge < -0.3 is 14.2 Å². The molecule has 1 amide bonds. The van der Waals surface area contributed by atoms with Crippen LogP contribution in [0.2, 0.25) is 10.0 Å². The lowest BCUT2D eigenvalue weighted by atomic mass is 9.84. The van der Waals surface area contributed by atoms with Crippen LogP contribution in [0, 0.1) is 0 Å². The number of esters is 1. The zero-order valence-electron chi connectivity index (χ0n) is 16.2. The molecule has 1 aromatic carbocycles. The predicted octanol–water partition coefficient (Wildman–Crippen LogP) is 4.66. The molecule has 150 valence electrons. The number of hydrogen-bond acceptors (Lipinski definition) is 5. The highest BCUT2D eigenvalue weighted by Gasteiger charge is 2.40. The predicted molar refractivity (Wildman–Crippen MR) is 104 cm³/mol. The Morgan fingerprint density at radius 1 is 1.19 bits per heavy atom. The summed E-state index contributed by atoms with van der Waals surface area (Å²) in [6.07, 6.45) is 0.381. The van der Waals surface area contributed by atoms with Gasteiger partial charge in [0.05, 0.1) is 24.3 Å². The summed E-state index contributed by atoms with van der Waals surface area (Å²) in [5.41, 5.74) is 0.0815. The normalized spacial score (nSPS) is 20.2. The monoisotopic (exact) mass is 417 g/mol. The number of halogens is 2. The third-order valence-electron chi connectivity index (χ3n) is 4.42. The summed E-state index contributed by atoms with van der Waals surface area (Å²) < 4.78 is 15.8. The summed E-state index contributed by atoms with van der Waals surface area (Å²) in [4.78, 5) is 26.3. The van der Waals surface area contributed by atoms with Crippen molar-refractivity contribution in [1.82, 2.24) is 4.90 Å². The average molecular weight is 418 g/mol. The second-order valence-electron chi connectivity index (χ2n) is 7.41. The van der Waals surface area contributed by atoms with Gasteiger partial charge in [0.25, 0.3) is 0 Å². The Kier molecular flexibility index (Phi) is 6.87. The number of piperidine rings is 1. The van der Waals surface area contributed by atoms with E-state index < -0.39 is 23.7 Å². The smallest absolute Gasteiger partial charge is 0.411 e. The van der Waals surface area contributed by atoms with Crippen LogP contribution in [0.1, 0.15) is 45.1 Å². The average Bonchev–Trinajstić information content (AvgIpc) is 2.61. The van der Waals surface area contributed by atoms with Gasteiger partial charge in [-0.2, -0.15) is 0 Å². The van der Waals surface area contributed by atoms with E-state index in [0.29, 0.717) is 35.2 Å². The van der Waals surface area contributed by atoms with Crippen LogP contribution in [0.3, 0.4) is 0 Å². The number of ether oxygens (including phenoxy) is 3. The molecule has 27 heavy (non-hydrogen) atoms. The maximum Gasteiger partial charge on any atom is 0.411 e. The number of hydrogen-bond donors (Lipinski definition) is 0. The van der Waals surface area contributed by atoms with Crippen LogP contribution in [0.25, 0.3) is 0 Å². The summed E-state index contributed by atoms with van der Waals surface area (Å²) >= 11 is 12.6. The van der Waals surface area contributed by atoms with Crippen LogP contribution in [-0.4, -0.2) is 49.4 Å². The Balaban J connectivity index is 2.33. The van der Waals surface area contributed by atoms with E-state index in [9.17, 15) is 9.59 Å². The van der Waals surface area contributed by atoms with Crippen LogP contribution in [0.15, 0.2) is 12.1 Å². The molecule has 1 heterocycles. The fourth-order valence-corrected chi connectivity index (χ4v) is 3.71. The first-order chi connectivity index (χ1) is 12.6. The first-order valence-electron chi connectivity index (χ1n) is 8.68. The van der Waals surface area contributed by atoms with Gasteiger partial charge in [-0.25, -0.2) is 9.59 Å². The second kappa shape index (κ2) is 8.57. The minimum atomic E-state index is -0.775. The summed E-state index contributed by atoms with van der Waals surface area (Å²) in [6, 6.07) is 2.64. The maximum absolute atomic E-state index is 12.6. The molecule has 0 radical (unpaired) electrons. The van der Waals surface area contributed by atoms with Gasteiger partial charge in [-0.05, 0) is 51.7 Å². The van der Waals surface area contributed by atoms with Crippen molar-refractivity contribution in [3.63, 3.8) is 0 Å². The Hall–Kier alpha value is -1.66. The lowest BCUT2D eigenvalue weighted by Crippen LogP contribution is -2.51. The molecule has 2 atom stereocenters. The molecule has 2 rings (SSSR count). The number of benzene rings is 1. The van der Waals surface area contributed by atoms with E-state index in [4.69, 9.17) is 37.4 Å². The van der Waals surface area contributed by atoms with Crippen molar-refractivity contribution in [3.8, 4) is 5.75 Å². The highest BCUT2D eigenvalue weighted by molar-refractivity contribution is 6.42. The van der Waals surface area contributed by atoms with Gasteiger partial charge in [0.15, 0.2) is 0 Å². The zero-order chi connectivity index (χ0) is 20.4. The number of nitrogens with zero attached hydrogens (tertiary/aromatic N) is 1. The van der Waals surface area contributed by atoms with E-state index in [-0.39, 0.29) is 5.92 Å². The van der Waals surface area contributed by atoms with Crippen molar-refractivity contribution < 1.29 is 23.8 Å². The minimum absolute atomic E-state index is 0.117. The number of carbonyl (C=O) groups excluding carboxylic acids is 2. The van der Waals surface area contributed by atoms with Crippen LogP contribution in [0.5, 0.6) is 5.75 Å². The number of amides is 1. The second-order valence-corrected chi connectivity index (χ2v) is 8.20. The summed E-state index contributed by atoms with van der Waals surface area (Å²) in [5.74, 6) is -0.0136. The molecule has 0 spiro atoms. The molecular formula is C19H25Cl2NO5. The molecule has 1 aliphatic heterocycles. The number of carbonyl (C=O) groups is 2.